The van der Waals surface area contributed by atoms with E-state index in [9.17, 15) is 0 Å². The Labute approximate surface area is 125 Å². The summed E-state index contributed by atoms with van der Waals surface area (Å²) in [6.45, 7) is 19.4. The van der Waals surface area contributed by atoms with Gasteiger partial charge in [-0.25, -0.2) is 0 Å². The Bertz CT molecular complexity index is 283. The third-order valence-corrected chi connectivity index (χ3v) is 5.14. The molecule has 0 amide bonds. The van der Waals surface area contributed by atoms with Crippen LogP contribution < -0.4 is 0 Å². The van der Waals surface area contributed by atoms with Gasteiger partial charge in [-0.15, -0.1) is 0 Å². The minimum Gasteiger partial charge on any atom is -0.376 e. The van der Waals surface area contributed by atoms with Crippen LogP contribution in [-0.4, -0.2) is 29.5 Å². The van der Waals surface area contributed by atoms with E-state index in [1.165, 1.54) is 23.5 Å². The normalized spacial score (nSPS) is 14.3. The van der Waals surface area contributed by atoms with E-state index in [0.29, 0.717) is 17.9 Å². The molecule has 0 bridgehead atoms. The first-order valence-corrected chi connectivity index (χ1v) is 8.60. The number of hydrogen-bond donors (Lipinski definition) is 0. The van der Waals surface area contributed by atoms with Crippen LogP contribution in [0.4, 0.5) is 0 Å². The van der Waals surface area contributed by atoms with Crippen molar-refractivity contribution in [3.63, 3.8) is 0 Å². The summed E-state index contributed by atoms with van der Waals surface area (Å²) in [6.07, 6.45) is 2.33. The third-order valence-electron chi connectivity index (χ3n) is 4.02. The molecule has 0 aromatic carbocycles. The fourth-order valence-electron chi connectivity index (χ4n) is 2.08. The Hall–Kier alpha value is -0.370. The third kappa shape index (κ3) is 7.10. The van der Waals surface area contributed by atoms with Gasteiger partial charge in [-0.3, -0.25) is 0 Å². The predicted octanol–water partition coefficient (Wildman–Crippen LogP) is 5.20. The number of allylic oxidation sites excluding steroid dienone is 2. The lowest BCUT2D eigenvalue weighted by atomic mass is 9.89. The zero-order valence-electron chi connectivity index (χ0n) is 13.8. The molecule has 0 radical (unpaired) electrons. The molecule has 0 saturated carbocycles. The van der Waals surface area contributed by atoms with E-state index in [4.69, 9.17) is 0 Å². The van der Waals surface area contributed by atoms with E-state index in [-0.39, 0.29) is 0 Å². The molecule has 0 aliphatic heterocycles. The highest BCUT2D eigenvalue weighted by atomic mass is 32.2. The van der Waals surface area contributed by atoms with E-state index >= 15 is 0 Å². The van der Waals surface area contributed by atoms with Crippen molar-refractivity contribution in [3.05, 3.63) is 24.4 Å². The molecule has 2 heteroatoms. The van der Waals surface area contributed by atoms with Crippen molar-refractivity contribution in [1.82, 2.24) is 4.90 Å². The average molecular weight is 284 g/mol. The molecule has 0 spiro atoms. The van der Waals surface area contributed by atoms with Gasteiger partial charge in [-0.05, 0) is 44.3 Å². The van der Waals surface area contributed by atoms with Gasteiger partial charge in [0, 0.05) is 24.5 Å². The fraction of sp³-hybridized carbons (Fsp3) is 0.765. The maximum atomic E-state index is 4.23. The van der Waals surface area contributed by atoms with Crippen LogP contribution in [0.25, 0.3) is 0 Å². The number of hydrogen-bond acceptors (Lipinski definition) is 2. The van der Waals surface area contributed by atoms with E-state index in [0.717, 1.165) is 12.1 Å². The van der Waals surface area contributed by atoms with Gasteiger partial charge >= 0.3 is 0 Å². The Morgan fingerprint density at radius 3 is 2.21 bits per heavy atom. The van der Waals surface area contributed by atoms with E-state index < -0.39 is 0 Å². The van der Waals surface area contributed by atoms with Crippen LogP contribution in [0.3, 0.4) is 0 Å². The van der Waals surface area contributed by atoms with E-state index in [1.54, 1.807) is 0 Å². The zero-order valence-corrected chi connectivity index (χ0v) is 14.6. The molecule has 0 N–H and O–H groups in total. The number of rotatable bonds is 10. The molecule has 0 aliphatic rings. The quantitative estimate of drug-likeness (QED) is 0.400. The molecule has 0 saturated heterocycles. The summed E-state index contributed by atoms with van der Waals surface area (Å²) in [7, 11) is 2.13. The first-order valence-electron chi connectivity index (χ1n) is 7.44. The molecular formula is C17H33NS. The highest BCUT2D eigenvalue weighted by molar-refractivity contribution is 7.99. The molecule has 112 valence electrons. The highest BCUT2D eigenvalue weighted by Crippen LogP contribution is 2.26. The van der Waals surface area contributed by atoms with E-state index in [1.807, 2.05) is 0 Å². The second-order valence-corrected chi connectivity index (χ2v) is 7.07. The maximum absolute atomic E-state index is 4.23. The molecule has 0 heterocycles. The first kappa shape index (κ1) is 18.6. The largest absolute Gasteiger partial charge is 0.376 e. The number of thioether (sulfide) groups is 1. The zero-order chi connectivity index (χ0) is 15.0. The van der Waals surface area contributed by atoms with Crippen LogP contribution in [0.1, 0.15) is 47.5 Å². The lowest BCUT2D eigenvalue weighted by Crippen LogP contribution is -2.27. The van der Waals surface area contributed by atoms with Crippen molar-refractivity contribution in [2.45, 2.75) is 53.5 Å². The second kappa shape index (κ2) is 9.52. The Morgan fingerprint density at radius 2 is 1.79 bits per heavy atom. The Kier molecular flexibility index (Phi) is 9.34. The number of nitrogens with zero attached hydrogens (tertiary/aromatic N) is 1. The summed E-state index contributed by atoms with van der Waals surface area (Å²) in [5.74, 6) is 3.81. The van der Waals surface area contributed by atoms with Crippen molar-refractivity contribution in [1.29, 1.82) is 0 Å². The fourth-order valence-corrected chi connectivity index (χ4v) is 3.63. The summed E-state index contributed by atoms with van der Waals surface area (Å²) in [5.41, 5.74) is 2.56. The van der Waals surface area contributed by atoms with Crippen LogP contribution in [0.15, 0.2) is 24.4 Å². The minimum absolute atomic E-state index is 0.580. The minimum atomic E-state index is 0.580. The van der Waals surface area contributed by atoms with Gasteiger partial charge in [0.1, 0.15) is 0 Å². The molecule has 0 aromatic rings. The molecule has 0 aliphatic carbocycles. The summed E-state index contributed by atoms with van der Waals surface area (Å²) < 4.78 is 0. The van der Waals surface area contributed by atoms with Gasteiger partial charge in [0.05, 0.1) is 0 Å². The van der Waals surface area contributed by atoms with Crippen LogP contribution in [0, 0.1) is 11.8 Å². The van der Waals surface area contributed by atoms with Crippen molar-refractivity contribution >= 4 is 11.8 Å². The monoisotopic (exact) mass is 283 g/mol. The van der Waals surface area contributed by atoms with Gasteiger partial charge in [-0.2, -0.15) is 11.8 Å². The Morgan fingerprint density at radius 1 is 1.21 bits per heavy atom. The van der Waals surface area contributed by atoms with Gasteiger partial charge in [0.15, 0.2) is 0 Å². The van der Waals surface area contributed by atoms with Crippen molar-refractivity contribution in [2.24, 2.45) is 11.8 Å². The predicted molar refractivity (Wildman–Crippen MR) is 91.7 cm³/mol. The SMILES string of the molecule is C=C(CC)C(CSCCC(C)N(C)C(=C)C)C(C)C. The molecule has 0 aromatic heterocycles. The van der Waals surface area contributed by atoms with Crippen LogP contribution in [0.5, 0.6) is 0 Å². The smallest absolute Gasteiger partial charge is 0.0262 e. The highest BCUT2D eigenvalue weighted by Gasteiger charge is 2.16. The van der Waals surface area contributed by atoms with Gasteiger partial charge < -0.3 is 4.90 Å². The molecule has 19 heavy (non-hydrogen) atoms. The lowest BCUT2D eigenvalue weighted by Gasteiger charge is -2.27. The van der Waals surface area contributed by atoms with Crippen LogP contribution >= 0.6 is 11.8 Å². The summed E-state index contributed by atoms with van der Waals surface area (Å²) in [5, 5.41) is 0. The van der Waals surface area contributed by atoms with Crippen LogP contribution in [0.2, 0.25) is 0 Å². The average Bonchev–Trinajstić information content (AvgIpc) is 2.35. The van der Waals surface area contributed by atoms with Gasteiger partial charge in [-0.1, -0.05) is 39.5 Å². The molecule has 0 rings (SSSR count). The van der Waals surface area contributed by atoms with E-state index in [2.05, 4.69) is 71.5 Å². The standard InChI is InChI=1S/C17H33NS/c1-9-15(6)17(13(2)3)12-19-11-10-16(7)18(8)14(4)5/h13,16-17H,4,6,9-12H2,1-3,5,7-8H3. The summed E-state index contributed by atoms with van der Waals surface area (Å²) in [6, 6.07) is 0.580. The second-order valence-electron chi connectivity index (χ2n) is 5.92. The topological polar surface area (TPSA) is 3.24 Å². The first-order chi connectivity index (χ1) is 8.81. The van der Waals surface area contributed by atoms with Gasteiger partial charge in [0.2, 0.25) is 0 Å². The molecular weight excluding hydrogens is 250 g/mol. The summed E-state index contributed by atoms with van der Waals surface area (Å²) >= 11 is 2.07. The van der Waals surface area contributed by atoms with Crippen molar-refractivity contribution in [2.75, 3.05) is 18.6 Å². The molecule has 1 nitrogen and oxygen atoms in total. The lowest BCUT2D eigenvalue weighted by molar-refractivity contribution is 0.319. The summed E-state index contributed by atoms with van der Waals surface area (Å²) in [4.78, 5) is 2.27. The molecule has 0 fully saturated rings. The van der Waals surface area contributed by atoms with Crippen LogP contribution in [-0.2, 0) is 0 Å². The van der Waals surface area contributed by atoms with Gasteiger partial charge in [0.25, 0.3) is 0 Å². The Balaban J connectivity index is 4.01. The molecule has 2 atom stereocenters. The van der Waals surface area contributed by atoms with Crippen molar-refractivity contribution < 1.29 is 0 Å². The molecule has 2 unspecified atom stereocenters. The van der Waals surface area contributed by atoms with Crippen molar-refractivity contribution in [3.8, 4) is 0 Å². The maximum Gasteiger partial charge on any atom is 0.0262 e.